The third-order valence-corrected chi connectivity index (χ3v) is 4.26. The summed E-state index contributed by atoms with van der Waals surface area (Å²) in [5.41, 5.74) is 2.05. The van der Waals surface area contributed by atoms with E-state index in [1.807, 2.05) is 25.1 Å². The van der Waals surface area contributed by atoms with Crippen LogP contribution in [-0.2, 0) is 0 Å². The lowest BCUT2D eigenvalue weighted by molar-refractivity contribution is 0.283. The summed E-state index contributed by atoms with van der Waals surface area (Å²) in [4.78, 5) is 2.24. The van der Waals surface area contributed by atoms with E-state index in [-0.39, 0.29) is 0 Å². The normalized spacial score (nSPS) is 16.7. The quantitative estimate of drug-likeness (QED) is 0.782. The number of piperidine rings is 1. The predicted molar refractivity (Wildman–Crippen MR) is 82.4 cm³/mol. The maximum Gasteiger partial charge on any atom is 0.173 e. The van der Waals surface area contributed by atoms with Crippen molar-refractivity contribution in [2.24, 2.45) is 5.92 Å². The summed E-state index contributed by atoms with van der Waals surface area (Å²) in [7, 11) is 0. The third-order valence-electron chi connectivity index (χ3n) is 3.49. The maximum absolute atomic E-state index is 6.11. The van der Waals surface area contributed by atoms with Crippen molar-refractivity contribution in [1.82, 2.24) is 4.90 Å². The van der Waals surface area contributed by atoms with Crippen molar-refractivity contribution >= 4 is 34.6 Å². The molecule has 1 aromatic rings. The number of hydrogen-bond donors (Lipinski definition) is 1. The number of thiocarbonyl (C=S) groups is 1. The first-order chi connectivity index (χ1) is 8.56. The Morgan fingerprint density at radius 3 is 2.67 bits per heavy atom. The van der Waals surface area contributed by atoms with Crippen molar-refractivity contribution in [2.75, 3.05) is 18.4 Å². The minimum absolute atomic E-state index is 0.773. The van der Waals surface area contributed by atoms with Crippen LogP contribution in [0.1, 0.15) is 25.3 Å². The van der Waals surface area contributed by atoms with E-state index >= 15 is 0 Å². The van der Waals surface area contributed by atoms with Gasteiger partial charge in [0.1, 0.15) is 0 Å². The molecule has 98 valence electrons. The third kappa shape index (κ3) is 3.36. The van der Waals surface area contributed by atoms with E-state index in [1.54, 1.807) is 0 Å². The summed E-state index contributed by atoms with van der Waals surface area (Å²) in [6.45, 7) is 6.39. The van der Waals surface area contributed by atoms with Crippen LogP contribution in [0, 0.1) is 12.8 Å². The highest BCUT2D eigenvalue weighted by Crippen LogP contribution is 2.21. The van der Waals surface area contributed by atoms with E-state index in [0.717, 1.165) is 40.4 Å². The van der Waals surface area contributed by atoms with Crippen LogP contribution >= 0.6 is 23.8 Å². The van der Waals surface area contributed by atoms with Gasteiger partial charge in [-0.3, -0.25) is 0 Å². The molecule has 0 unspecified atom stereocenters. The molecule has 1 aromatic carbocycles. The Morgan fingerprint density at radius 2 is 2.06 bits per heavy atom. The van der Waals surface area contributed by atoms with E-state index in [0.29, 0.717) is 0 Å². The smallest absolute Gasteiger partial charge is 0.173 e. The zero-order valence-corrected chi connectivity index (χ0v) is 12.4. The fourth-order valence-electron chi connectivity index (χ4n) is 2.08. The molecule has 0 aromatic heterocycles. The second-order valence-corrected chi connectivity index (χ2v) is 5.86. The second kappa shape index (κ2) is 5.89. The molecule has 0 saturated carbocycles. The van der Waals surface area contributed by atoms with Crippen molar-refractivity contribution in [3.05, 3.63) is 28.8 Å². The van der Waals surface area contributed by atoms with Gasteiger partial charge in [0.15, 0.2) is 5.11 Å². The van der Waals surface area contributed by atoms with Crippen molar-refractivity contribution in [3.63, 3.8) is 0 Å². The molecule has 0 bridgehead atoms. The number of likely N-dealkylation sites (tertiary alicyclic amines) is 1. The number of rotatable bonds is 1. The molecule has 1 saturated heterocycles. The maximum atomic E-state index is 6.11. The molecule has 0 amide bonds. The van der Waals surface area contributed by atoms with Crippen molar-refractivity contribution in [3.8, 4) is 0 Å². The summed E-state index contributed by atoms with van der Waals surface area (Å²) in [6.07, 6.45) is 2.44. The Hall–Kier alpha value is -0.800. The van der Waals surface area contributed by atoms with Crippen molar-refractivity contribution in [2.45, 2.75) is 26.7 Å². The molecule has 1 fully saturated rings. The van der Waals surface area contributed by atoms with Crippen LogP contribution in [0.15, 0.2) is 18.2 Å². The van der Waals surface area contributed by atoms with E-state index in [4.69, 9.17) is 23.8 Å². The molecule has 0 radical (unpaired) electrons. The highest BCUT2D eigenvalue weighted by Gasteiger charge is 2.17. The molecule has 2 nitrogen and oxygen atoms in total. The lowest BCUT2D eigenvalue weighted by atomic mass is 10.00. The lowest BCUT2D eigenvalue weighted by Crippen LogP contribution is -2.40. The van der Waals surface area contributed by atoms with E-state index < -0.39 is 0 Å². The fraction of sp³-hybridized carbons (Fsp3) is 0.500. The zero-order valence-electron chi connectivity index (χ0n) is 10.9. The largest absolute Gasteiger partial charge is 0.349 e. The molecule has 0 spiro atoms. The standard InChI is InChI=1S/C14H19ClN2S/c1-10-5-7-17(8-6-10)14(18)16-12-4-3-11(2)13(15)9-12/h3-4,9-10H,5-8H2,1-2H3,(H,16,18). The number of aryl methyl sites for hydroxylation is 1. The Kier molecular flexibility index (Phi) is 4.46. The molecule has 1 aliphatic heterocycles. The fourth-order valence-corrected chi connectivity index (χ4v) is 2.57. The van der Waals surface area contributed by atoms with Gasteiger partial charge in [0.2, 0.25) is 0 Å². The Morgan fingerprint density at radius 1 is 1.39 bits per heavy atom. The van der Waals surface area contributed by atoms with Crippen LogP contribution in [0.5, 0.6) is 0 Å². The number of hydrogen-bond acceptors (Lipinski definition) is 1. The van der Waals surface area contributed by atoms with E-state index in [2.05, 4.69) is 17.1 Å². The van der Waals surface area contributed by atoms with Crippen LogP contribution in [0.4, 0.5) is 5.69 Å². The van der Waals surface area contributed by atoms with Crippen LogP contribution < -0.4 is 5.32 Å². The van der Waals surface area contributed by atoms with Gasteiger partial charge in [-0.05, 0) is 55.6 Å². The van der Waals surface area contributed by atoms with Gasteiger partial charge in [0.25, 0.3) is 0 Å². The molecule has 0 aliphatic carbocycles. The monoisotopic (exact) mass is 282 g/mol. The highest BCUT2D eigenvalue weighted by molar-refractivity contribution is 7.80. The van der Waals surface area contributed by atoms with Crippen LogP contribution in [0.2, 0.25) is 5.02 Å². The predicted octanol–water partition coefficient (Wildman–Crippen LogP) is 4.08. The Bertz CT molecular complexity index is 439. The van der Waals surface area contributed by atoms with Gasteiger partial charge in [0.05, 0.1) is 0 Å². The average Bonchev–Trinajstić information content (AvgIpc) is 2.34. The number of nitrogens with zero attached hydrogens (tertiary/aromatic N) is 1. The Labute approximate surface area is 119 Å². The van der Waals surface area contributed by atoms with Crippen LogP contribution in [0.3, 0.4) is 0 Å². The minimum atomic E-state index is 0.773. The lowest BCUT2D eigenvalue weighted by Gasteiger charge is -2.32. The first-order valence-corrected chi connectivity index (χ1v) is 7.17. The van der Waals surface area contributed by atoms with Gasteiger partial charge >= 0.3 is 0 Å². The highest BCUT2D eigenvalue weighted by atomic mass is 35.5. The van der Waals surface area contributed by atoms with Crippen molar-refractivity contribution in [1.29, 1.82) is 0 Å². The summed E-state index contributed by atoms with van der Waals surface area (Å²) >= 11 is 11.5. The number of nitrogens with one attached hydrogen (secondary N) is 1. The van der Waals surface area contributed by atoms with Gasteiger partial charge < -0.3 is 10.2 Å². The van der Waals surface area contributed by atoms with Gasteiger partial charge in [-0.25, -0.2) is 0 Å². The number of halogens is 1. The van der Waals surface area contributed by atoms with Crippen molar-refractivity contribution < 1.29 is 0 Å². The van der Waals surface area contributed by atoms with Gasteiger partial charge in [-0.15, -0.1) is 0 Å². The number of benzene rings is 1. The van der Waals surface area contributed by atoms with E-state index in [1.165, 1.54) is 12.8 Å². The van der Waals surface area contributed by atoms with Gasteiger partial charge in [-0.2, -0.15) is 0 Å². The molecule has 1 heterocycles. The molecule has 1 N–H and O–H groups in total. The van der Waals surface area contributed by atoms with Crippen LogP contribution in [-0.4, -0.2) is 23.1 Å². The molecule has 0 atom stereocenters. The Balaban J connectivity index is 1.96. The van der Waals surface area contributed by atoms with Gasteiger partial charge in [0, 0.05) is 23.8 Å². The van der Waals surface area contributed by atoms with E-state index in [9.17, 15) is 0 Å². The average molecular weight is 283 g/mol. The summed E-state index contributed by atoms with van der Waals surface area (Å²) in [5.74, 6) is 0.817. The minimum Gasteiger partial charge on any atom is -0.349 e. The number of anilines is 1. The first kappa shape index (κ1) is 13.6. The topological polar surface area (TPSA) is 15.3 Å². The molecular weight excluding hydrogens is 264 g/mol. The SMILES string of the molecule is Cc1ccc(NC(=S)N2CCC(C)CC2)cc1Cl. The molecule has 18 heavy (non-hydrogen) atoms. The summed E-state index contributed by atoms with van der Waals surface area (Å²) in [5, 5.41) is 4.85. The first-order valence-electron chi connectivity index (χ1n) is 6.38. The second-order valence-electron chi connectivity index (χ2n) is 5.06. The molecule has 2 rings (SSSR count). The molecule has 4 heteroatoms. The molecular formula is C14H19ClN2S. The molecule has 1 aliphatic rings. The van der Waals surface area contributed by atoms with Gasteiger partial charge in [-0.1, -0.05) is 24.6 Å². The zero-order chi connectivity index (χ0) is 13.1. The van der Waals surface area contributed by atoms with Crippen LogP contribution in [0.25, 0.3) is 0 Å². The summed E-state index contributed by atoms with van der Waals surface area (Å²) in [6, 6.07) is 5.95. The summed E-state index contributed by atoms with van der Waals surface area (Å²) < 4.78 is 0.